The van der Waals surface area contributed by atoms with Crippen LogP contribution in [0.4, 0.5) is 0 Å². The Balaban J connectivity index is 2.21. The minimum atomic E-state index is 0.460. The van der Waals surface area contributed by atoms with Gasteiger partial charge in [-0.3, -0.25) is 0 Å². The molecule has 0 saturated heterocycles. The summed E-state index contributed by atoms with van der Waals surface area (Å²) >= 11 is 7.33. The van der Waals surface area contributed by atoms with Crippen molar-refractivity contribution in [1.82, 2.24) is 19.9 Å². The molecule has 2 rings (SSSR count). The largest absolute Gasteiger partial charge is 0.231 e. The highest BCUT2D eigenvalue weighted by molar-refractivity contribution is 7.99. The van der Waals surface area contributed by atoms with Gasteiger partial charge in [0.05, 0.1) is 0 Å². The van der Waals surface area contributed by atoms with Gasteiger partial charge in [0.25, 0.3) is 0 Å². The van der Waals surface area contributed by atoms with Gasteiger partial charge in [-0.2, -0.15) is 0 Å². The Labute approximate surface area is 109 Å². The van der Waals surface area contributed by atoms with E-state index in [1.807, 2.05) is 0 Å². The van der Waals surface area contributed by atoms with Crippen LogP contribution in [0.2, 0.25) is 5.15 Å². The molecule has 0 aliphatic rings. The second-order valence-electron chi connectivity index (χ2n) is 3.33. The fourth-order valence-corrected chi connectivity index (χ4v) is 2.26. The molecule has 0 bridgehead atoms. The van der Waals surface area contributed by atoms with E-state index in [2.05, 4.69) is 26.9 Å². The van der Waals surface area contributed by atoms with Gasteiger partial charge in [-0.1, -0.05) is 18.5 Å². The van der Waals surface area contributed by atoms with Crippen molar-refractivity contribution in [3.8, 4) is 0 Å². The minimum absolute atomic E-state index is 0.460. The third kappa shape index (κ3) is 3.64. The summed E-state index contributed by atoms with van der Waals surface area (Å²) in [4.78, 5) is 16.8. The van der Waals surface area contributed by atoms with E-state index >= 15 is 0 Å². The molecule has 0 N–H and O–H groups in total. The zero-order chi connectivity index (χ0) is 12.1. The Morgan fingerprint density at radius 3 is 2.71 bits per heavy atom. The van der Waals surface area contributed by atoms with E-state index < -0.39 is 0 Å². The van der Waals surface area contributed by atoms with Crippen LogP contribution in [0.1, 0.15) is 19.2 Å². The smallest absolute Gasteiger partial charge is 0.193 e. The van der Waals surface area contributed by atoms with Crippen LogP contribution >= 0.6 is 23.4 Å². The van der Waals surface area contributed by atoms with E-state index in [0.717, 1.165) is 23.7 Å². The Hall–Kier alpha value is -1.20. The zero-order valence-electron chi connectivity index (χ0n) is 9.30. The number of rotatable bonds is 4. The quantitative estimate of drug-likeness (QED) is 0.629. The number of aryl methyl sites for hydroxylation is 1. The molecule has 0 spiro atoms. The predicted molar refractivity (Wildman–Crippen MR) is 67.2 cm³/mol. The molecule has 6 heteroatoms. The van der Waals surface area contributed by atoms with Gasteiger partial charge < -0.3 is 0 Å². The van der Waals surface area contributed by atoms with E-state index in [1.54, 1.807) is 24.5 Å². The fraction of sp³-hybridized carbons (Fsp3) is 0.273. The Morgan fingerprint density at radius 2 is 2.00 bits per heavy atom. The second kappa shape index (κ2) is 5.93. The Morgan fingerprint density at radius 1 is 1.24 bits per heavy atom. The van der Waals surface area contributed by atoms with E-state index in [4.69, 9.17) is 11.6 Å². The Bertz CT molecular complexity index is 492. The van der Waals surface area contributed by atoms with Crippen LogP contribution in [0.3, 0.4) is 0 Å². The molecular formula is C11H11ClN4S. The number of aromatic nitrogens is 4. The summed E-state index contributed by atoms with van der Waals surface area (Å²) in [5.74, 6) is 0.762. The molecule has 2 heterocycles. The summed E-state index contributed by atoms with van der Waals surface area (Å²) in [7, 11) is 0. The summed E-state index contributed by atoms with van der Waals surface area (Å²) in [6.07, 6.45) is 5.21. The first-order valence-electron chi connectivity index (χ1n) is 5.26. The zero-order valence-corrected chi connectivity index (χ0v) is 10.9. The number of halogens is 1. The lowest BCUT2D eigenvalue weighted by Gasteiger charge is -2.02. The lowest BCUT2D eigenvalue weighted by molar-refractivity contribution is 0.808. The van der Waals surface area contributed by atoms with Crippen molar-refractivity contribution < 1.29 is 0 Å². The maximum Gasteiger partial charge on any atom is 0.193 e. The maximum atomic E-state index is 5.95. The number of hydrogen-bond acceptors (Lipinski definition) is 5. The van der Waals surface area contributed by atoms with Gasteiger partial charge >= 0.3 is 0 Å². The molecule has 2 aromatic rings. The molecule has 0 fully saturated rings. The van der Waals surface area contributed by atoms with Crippen molar-refractivity contribution in [2.75, 3.05) is 0 Å². The topological polar surface area (TPSA) is 51.6 Å². The molecule has 17 heavy (non-hydrogen) atoms. The average Bonchev–Trinajstić information content (AvgIpc) is 2.30. The maximum absolute atomic E-state index is 5.95. The summed E-state index contributed by atoms with van der Waals surface area (Å²) < 4.78 is 0. The lowest BCUT2D eigenvalue weighted by Crippen LogP contribution is -1.96. The molecule has 0 aromatic carbocycles. The van der Waals surface area contributed by atoms with Gasteiger partial charge in [-0.25, -0.2) is 19.9 Å². The predicted octanol–water partition coefficient (Wildman–Crippen LogP) is 3.02. The number of nitrogens with zero attached hydrogens (tertiary/aromatic N) is 4. The van der Waals surface area contributed by atoms with Gasteiger partial charge in [0, 0.05) is 24.9 Å². The van der Waals surface area contributed by atoms with Crippen molar-refractivity contribution in [2.45, 2.75) is 29.9 Å². The van der Waals surface area contributed by atoms with Crippen molar-refractivity contribution in [3.05, 3.63) is 35.5 Å². The third-order valence-corrected chi connectivity index (χ3v) is 2.93. The van der Waals surface area contributed by atoms with Crippen molar-refractivity contribution in [3.63, 3.8) is 0 Å². The first-order chi connectivity index (χ1) is 8.28. The average molecular weight is 267 g/mol. The SMILES string of the molecule is CCCc1nc(Cl)cc(Sc2ncccn2)n1. The van der Waals surface area contributed by atoms with Crippen LogP contribution in [0.5, 0.6) is 0 Å². The van der Waals surface area contributed by atoms with Crippen LogP contribution < -0.4 is 0 Å². The molecule has 2 aromatic heterocycles. The van der Waals surface area contributed by atoms with Crippen molar-refractivity contribution in [2.24, 2.45) is 0 Å². The van der Waals surface area contributed by atoms with Gasteiger partial charge in [0.15, 0.2) is 5.16 Å². The van der Waals surface area contributed by atoms with Crippen LogP contribution in [0, 0.1) is 0 Å². The van der Waals surface area contributed by atoms with Gasteiger partial charge in [-0.15, -0.1) is 0 Å². The van der Waals surface area contributed by atoms with Gasteiger partial charge in [-0.05, 0) is 24.2 Å². The molecule has 0 radical (unpaired) electrons. The van der Waals surface area contributed by atoms with E-state index in [-0.39, 0.29) is 0 Å². The summed E-state index contributed by atoms with van der Waals surface area (Å²) in [6, 6.07) is 3.50. The van der Waals surface area contributed by atoms with Gasteiger partial charge in [0.1, 0.15) is 16.0 Å². The summed E-state index contributed by atoms with van der Waals surface area (Å²) in [6.45, 7) is 2.08. The summed E-state index contributed by atoms with van der Waals surface area (Å²) in [5, 5.41) is 1.89. The van der Waals surface area contributed by atoms with Crippen LogP contribution in [-0.4, -0.2) is 19.9 Å². The molecule has 0 aliphatic carbocycles. The first kappa shape index (κ1) is 12.3. The monoisotopic (exact) mass is 266 g/mol. The molecular weight excluding hydrogens is 256 g/mol. The summed E-state index contributed by atoms with van der Waals surface area (Å²) in [5.41, 5.74) is 0. The highest BCUT2D eigenvalue weighted by Gasteiger charge is 2.06. The molecule has 0 unspecified atom stereocenters. The van der Waals surface area contributed by atoms with Crippen molar-refractivity contribution >= 4 is 23.4 Å². The van der Waals surface area contributed by atoms with Crippen LogP contribution in [0.15, 0.2) is 34.7 Å². The van der Waals surface area contributed by atoms with Crippen LogP contribution in [-0.2, 0) is 6.42 Å². The molecule has 0 aliphatic heterocycles. The fourth-order valence-electron chi connectivity index (χ4n) is 1.26. The molecule has 0 amide bonds. The van der Waals surface area contributed by atoms with E-state index in [1.165, 1.54) is 11.8 Å². The molecule has 0 atom stereocenters. The molecule has 0 saturated carbocycles. The standard InChI is InChI=1S/C11H11ClN4S/c1-2-4-9-15-8(12)7-10(16-9)17-11-13-5-3-6-14-11/h3,5-7H,2,4H2,1H3. The second-order valence-corrected chi connectivity index (χ2v) is 4.70. The normalized spacial score (nSPS) is 10.5. The molecule has 88 valence electrons. The van der Waals surface area contributed by atoms with Crippen molar-refractivity contribution in [1.29, 1.82) is 0 Å². The lowest BCUT2D eigenvalue weighted by atomic mass is 10.3. The van der Waals surface area contributed by atoms with Crippen LogP contribution in [0.25, 0.3) is 0 Å². The van der Waals surface area contributed by atoms with E-state index in [9.17, 15) is 0 Å². The third-order valence-electron chi connectivity index (χ3n) is 1.93. The highest BCUT2D eigenvalue weighted by atomic mass is 35.5. The molecule has 4 nitrogen and oxygen atoms in total. The van der Waals surface area contributed by atoms with Gasteiger partial charge in [0.2, 0.25) is 0 Å². The number of hydrogen-bond donors (Lipinski definition) is 0. The Kier molecular flexibility index (Phi) is 4.28. The minimum Gasteiger partial charge on any atom is -0.231 e. The highest BCUT2D eigenvalue weighted by Crippen LogP contribution is 2.24. The first-order valence-corrected chi connectivity index (χ1v) is 6.45. The van der Waals surface area contributed by atoms with E-state index in [0.29, 0.717) is 10.3 Å².